The first-order valence-corrected chi connectivity index (χ1v) is 15.5. The molecular weight excluding hydrogens is 546 g/mol. The molecule has 4 aromatic rings. The number of amides is 1. The van der Waals surface area contributed by atoms with Crippen LogP contribution in [0, 0.1) is 13.8 Å². The van der Waals surface area contributed by atoms with E-state index in [1.165, 1.54) is 6.42 Å². The molecular formula is C34H35N3O4S. The van der Waals surface area contributed by atoms with Gasteiger partial charge in [-0.15, -0.1) is 11.3 Å². The van der Waals surface area contributed by atoms with Crippen LogP contribution in [0.2, 0.25) is 0 Å². The minimum absolute atomic E-state index is 0.0412. The Morgan fingerprint density at radius 2 is 1.79 bits per heavy atom. The van der Waals surface area contributed by atoms with Gasteiger partial charge in [-0.1, -0.05) is 37.5 Å². The highest BCUT2D eigenvalue weighted by molar-refractivity contribution is 7.15. The molecule has 0 spiro atoms. The number of ether oxygens (including phenoxy) is 1. The van der Waals surface area contributed by atoms with E-state index in [0.717, 1.165) is 86.2 Å². The monoisotopic (exact) mass is 581 g/mol. The summed E-state index contributed by atoms with van der Waals surface area (Å²) >= 11 is 1.65. The van der Waals surface area contributed by atoms with Gasteiger partial charge in [-0.25, -0.2) is 14.8 Å². The molecule has 2 aromatic heterocycles. The second-order valence-electron chi connectivity index (χ2n) is 11.2. The first-order chi connectivity index (χ1) is 20.4. The molecule has 8 heteroatoms. The zero-order chi connectivity index (χ0) is 29.2. The number of carboxylic acid groups (broad SMARTS) is 1. The molecule has 3 heterocycles. The number of carbonyl (C=O) groups is 2. The summed E-state index contributed by atoms with van der Waals surface area (Å²) in [7, 11) is 0. The van der Waals surface area contributed by atoms with Gasteiger partial charge in [0.2, 0.25) is 0 Å². The van der Waals surface area contributed by atoms with Crippen LogP contribution in [0.5, 0.6) is 0 Å². The number of benzene rings is 2. The molecule has 6 rings (SSSR count). The summed E-state index contributed by atoms with van der Waals surface area (Å²) in [6, 6.07) is 14.4. The minimum atomic E-state index is -1.01. The number of aromatic nitrogens is 2. The number of aryl methyl sites for hydroxylation is 2. The first-order valence-electron chi connectivity index (χ1n) is 14.7. The maximum atomic E-state index is 14.1. The Morgan fingerprint density at radius 1 is 1.00 bits per heavy atom. The summed E-state index contributed by atoms with van der Waals surface area (Å²) in [5, 5.41) is 11.4. The molecule has 1 aliphatic carbocycles. The number of nitrogens with zero attached hydrogens (tertiary/aromatic N) is 3. The molecule has 42 heavy (non-hydrogen) atoms. The predicted molar refractivity (Wildman–Crippen MR) is 167 cm³/mol. The number of aliphatic carboxylic acids is 1. The maximum absolute atomic E-state index is 14.1. The summed E-state index contributed by atoms with van der Waals surface area (Å²) in [6.07, 6.45) is 8.36. The van der Waals surface area contributed by atoms with E-state index in [-0.39, 0.29) is 5.91 Å². The maximum Gasteiger partial charge on any atom is 0.328 e. The Balaban J connectivity index is 1.51. The van der Waals surface area contributed by atoms with Gasteiger partial charge >= 0.3 is 5.97 Å². The van der Waals surface area contributed by atoms with E-state index in [9.17, 15) is 14.7 Å². The van der Waals surface area contributed by atoms with Crippen LogP contribution >= 0.6 is 11.3 Å². The second kappa shape index (κ2) is 12.2. The van der Waals surface area contributed by atoms with E-state index in [4.69, 9.17) is 9.72 Å². The molecule has 0 bridgehead atoms. The zero-order valence-electron chi connectivity index (χ0n) is 24.1. The molecule has 1 N–H and O–H groups in total. The van der Waals surface area contributed by atoms with Crippen LogP contribution in [0.15, 0.2) is 48.5 Å². The number of thiazole rings is 1. The number of rotatable bonds is 6. The zero-order valence-corrected chi connectivity index (χ0v) is 24.9. The molecule has 2 aliphatic rings. The molecule has 7 nitrogen and oxygen atoms in total. The lowest BCUT2D eigenvalue weighted by Gasteiger charge is -2.30. The van der Waals surface area contributed by atoms with Gasteiger partial charge in [-0.3, -0.25) is 4.79 Å². The molecule has 1 saturated heterocycles. The predicted octanol–water partition coefficient (Wildman–Crippen LogP) is 7.26. The van der Waals surface area contributed by atoms with Crippen molar-refractivity contribution < 1.29 is 19.4 Å². The first kappa shape index (κ1) is 28.2. The van der Waals surface area contributed by atoms with E-state index in [1.807, 2.05) is 36.9 Å². The Kier molecular flexibility index (Phi) is 8.18. The van der Waals surface area contributed by atoms with Crippen LogP contribution in [0.25, 0.3) is 38.7 Å². The number of carbonyl (C=O) groups excluding carboxylic acids is 1. The SMILES string of the molecule is Cc1nc(C)c(-c2ccc3cc(-c4c(C(=O)N5CCOCC5)cc(C=CC(=O)O)cc4C4CCCCC4)ccc3n2)s1. The summed E-state index contributed by atoms with van der Waals surface area (Å²) in [5.41, 5.74) is 7.20. The van der Waals surface area contributed by atoms with Crippen molar-refractivity contribution in [1.82, 2.24) is 14.9 Å². The molecule has 0 radical (unpaired) electrons. The number of fused-ring (bicyclic) bond motifs is 1. The van der Waals surface area contributed by atoms with E-state index in [0.29, 0.717) is 37.8 Å². The van der Waals surface area contributed by atoms with Gasteiger partial charge in [0, 0.05) is 30.1 Å². The number of hydrogen-bond acceptors (Lipinski definition) is 6. The van der Waals surface area contributed by atoms with Gasteiger partial charge in [0.25, 0.3) is 5.91 Å². The van der Waals surface area contributed by atoms with Crippen LogP contribution in [0.4, 0.5) is 0 Å². The Labute approximate surface area is 249 Å². The summed E-state index contributed by atoms with van der Waals surface area (Å²) in [5.74, 6) is -0.748. The molecule has 0 unspecified atom stereocenters. The molecule has 1 amide bonds. The molecule has 1 aliphatic heterocycles. The second-order valence-corrected chi connectivity index (χ2v) is 12.4. The summed E-state index contributed by atoms with van der Waals surface area (Å²) in [4.78, 5) is 38.0. The Morgan fingerprint density at radius 3 is 2.50 bits per heavy atom. The molecule has 216 valence electrons. The van der Waals surface area contributed by atoms with Crippen molar-refractivity contribution in [2.75, 3.05) is 26.3 Å². The normalized spacial score (nSPS) is 16.4. The quantitative estimate of drug-likeness (QED) is 0.241. The number of pyridine rings is 1. The lowest BCUT2D eigenvalue weighted by atomic mass is 9.78. The highest BCUT2D eigenvalue weighted by Gasteiger charge is 2.28. The molecule has 0 atom stereocenters. The average molecular weight is 582 g/mol. The van der Waals surface area contributed by atoms with Crippen LogP contribution in [-0.2, 0) is 9.53 Å². The van der Waals surface area contributed by atoms with E-state index >= 15 is 0 Å². The highest BCUT2D eigenvalue weighted by atomic mass is 32.1. The summed E-state index contributed by atoms with van der Waals surface area (Å²) in [6.45, 7) is 6.12. The van der Waals surface area contributed by atoms with Crippen molar-refractivity contribution in [1.29, 1.82) is 0 Å². The fourth-order valence-electron chi connectivity index (χ4n) is 6.29. The smallest absolute Gasteiger partial charge is 0.328 e. The van der Waals surface area contributed by atoms with Gasteiger partial charge in [0.15, 0.2) is 0 Å². The van der Waals surface area contributed by atoms with Gasteiger partial charge in [0.05, 0.1) is 40.0 Å². The lowest BCUT2D eigenvalue weighted by molar-refractivity contribution is -0.131. The van der Waals surface area contributed by atoms with Crippen LogP contribution in [0.1, 0.15) is 70.2 Å². The van der Waals surface area contributed by atoms with Crippen molar-refractivity contribution in [2.24, 2.45) is 0 Å². The van der Waals surface area contributed by atoms with Crippen molar-refractivity contribution in [3.8, 4) is 21.7 Å². The van der Waals surface area contributed by atoms with Gasteiger partial charge < -0.3 is 14.7 Å². The van der Waals surface area contributed by atoms with Crippen LogP contribution in [-0.4, -0.2) is 58.2 Å². The van der Waals surface area contributed by atoms with E-state index in [2.05, 4.69) is 29.2 Å². The van der Waals surface area contributed by atoms with Crippen molar-refractivity contribution in [3.05, 3.63) is 75.9 Å². The number of morpholine rings is 1. The average Bonchev–Trinajstić information content (AvgIpc) is 3.36. The Bertz CT molecular complexity index is 1680. The largest absolute Gasteiger partial charge is 0.478 e. The van der Waals surface area contributed by atoms with Gasteiger partial charge in [-0.05, 0) is 85.2 Å². The third-order valence-electron chi connectivity index (χ3n) is 8.30. The third kappa shape index (κ3) is 5.87. The van der Waals surface area contributed by atoms with Crippen molar-refractivity contribution in [3.63, 3.8) is 0 Å². The standard InChI is InChI=1S/C34H35N3O4S/c1-21-33(42-22(2)35-21)30-12-9-25-20-26(10-11-29(25)36-30)32-27(24-6-4-3-5-7-24)18-23(8-13-31(38)39)19-28(32)34(40)37-14-16-41-17-15-37/h8-13,18-20,24H,3-7,14-17H2,1-2H3,(H,38,39). The van der Waals surface area contributed by atoms with E-state index in [1.54, 1.807) is 17.4 Å². The highest BCUT2D eigenvalue weighted by Crippen LogP contribution is 2.42. The van der Waals surface area contributed by atoms with Crippen molar-refractivity contribution in [2.45, 2.75) is 51.9 Å². The lowest BCUT2D eigenvalue weighted by Crippen LogP contribution is -2.41. The topological polar surface area (TPSA) is 92.6 Å². The van der Waals surface area contributed by atoms with Gasteiger partial charge in [0.1, 0.15) is 0 Å². The number of carboxylic acids is 1. The Hall–Kier alpha value is -3.88. The van der Waals surface area contributed by atoms with Crippen molar-refractivity contribution >= 4 is 40.2 Å². The fraction of sp³-hybridized carbons (Fsp3) is 0.353. The van der Waals surface area contributed by atoms with Crippen LogP contribution in [0.3, 0.4) is 0 Å². The minimum Gasteiger partial charge on any atom is -0.478 e. The molecule has 1 saturated carbocycles. The summed E-state index contributed by atoms with van der Waals surface area (Å²) < 4.78 is 5.53. The molecule has 2 aromatic carbocycles. The molecule has 2 fully saturated rings. The fourth-order valence-corrected chi connectivity index (χ4v) is 7.18. The number of hydrogen-bond donors (Lipinski definition) is 1. The van der Waals surface area contributed by atoms with Gasteiger partial charge in [-0.2, -0.15) is 0 Å². The van der Waals surface area contributed by atoms with E-state index < -0.39 is 5.97 Å². The van der Waals surface area contributed by atoms with Crippen LogP contribution < -0.4 is 0 Å². The third-order valence-corrected chi connectivity index (χ3v) is 9.39.